The normalized spacial score (nSPS) is 13.5. The zero-order chi connectivity index (χ0) is 31.4. The molecule has 0 amide bonds. The maximum Gasteiger partial charge on any atom is 2.00 e. The van der Waals surface area contributed by atoms with Crippen LogP contribution in [-0.4, -0.2) is 24.4 Å². The minimum absolute atomic E-state index is 0. The molecule has 0 atom stereocenters. The van der Waals surface area contributed by atoms with Crippen molar-refractivity contribution in [3.8, 4) is 0 Å². The van der Waals surface area contributed by atoms with Crippen LogP contribution in [0.25, 0.3) is 0 Å². The zero-order valence-electron chi connectivity index (χ0n) is 29.0. The van der Waals surface area contributed by atoms with E-state index >= 15 is 0 Å². The van der Waals surface area contributed by atoms with Crippen molar-refractivity contribution in [3.05, 3.63) is 149 Å². The van der Waals surface area contributed by atoms with Gasteiger partial charge in [-0.25, -0.2) is 0 Å². The van der Waals surface area contributed by atoms with Crippen LogP contribution in [0.1, 0.15) is 64.7 Å². The monoisotopic (exact) mass is 710 g/mol. The second-order valence-electron chi connectivity index (χ2n) is 10.9. The third-order valence-electron chi connectivity index (χ3n) is 8.03. The van der Waals surface area contributed by atoms with Gasteiger partial charge in [-0.05, 0) is 74.1 Å². The van der Waals surface area contributed by atoms with E-state index in [4.69, 9.17) is 0 Å². The van der Waals surface area contributed by atoms with E-state index in [-0.39, 0.29) is 53.7 Å². The van der Waals surface area contributed by atoms with E-state index in [1.54, 1.807) is 28.1 Å². The van der Waals surface area contributed by atoms with Crippen molar-refractivity contribution in [2.75, 3.05) is 7.11 Å². The van der Waals surface area contributed by atoms with Crippen LogP contribution in [0.2, 0.25) is 0 Å². The summed E-state index contributed by atoms with van der Waals surface area (Å²) in [6.07, 6.45) is 11.8. The molecule has 47 heavy (non-hydrogen) atoms. The van der Waals surface area contributed by atoms with Crippen molar-refractivity contribution >= 4 is 43.0 Å². The second kappa shape index (κ2) is 26.4. The Bertz CT molecular complexity index is 1110. The molecule has 254 valence electrons. The number of hydrogen-bond donors (Lipinski definition) is 0. The molecule has 0 saturated heterocycles. The molecule has 0 spiro atoms. The van der Waals surface area contributed by atoms with Gasteiger partial charge in [-0.15, -0.1) is 13.2 Å². The number of rotatable bonds is 7. The van der Waals surface area contributed by atoms with Crippen LogP contribution < -0.4 is 21.2 Å². The molecule has 2 fully saturated rings. The van der Waals surface area contributed by atoms with E-state index in [0.717, 1.165) is 11.3 Å². The van der Waals surface area contributed by atoms with Crippen molar-refractivity contribution in [1.82, 2.24) is 0 Å². The van der Waals surface area contributed by atoms with Gasteiger partial charge in [0.2, 0.25) is 0 Å². The Kier molecular flexibility index (Phi) is 25.0. The van der Waals surface area contributed by atoms with Crippen molar-refractivity contribution in [1.29, 1.82) is 0 Å². The maximum absolute atomic E-state index is 9.96. The van der Waals surface area contributed by atoms with E-state index in [1.807, 2.05) is 0 Å². The van der Waals surface area contributed by atoms with Crippen molar-refractivity contribution in [3.63, 3.8) is 0 Å². The molecule has 6 rings (SSSR count). The summed E-state index contributed by atoms with van der Waals surface area (Å²) in [5.41, 5.74) is 1.79. The number of benzene rings is 4. The van der Waals surface area contributed by atoms with E-state index in [9.17, 15) is 4.79 Å². The Labute approximate surface area is 300 Å². The van der Waals surface area contributed by atoms with Crippen LogP contribution >= 0.6 is 15.8 Å². The van der Waals surface area contributed by atoms with Gasteiger partial charge < -0.3 is 19.6 Å². The molecule has 2 saturated carbocycles. The molecule has 5 heteroatoms. The third-order valence-corrected chi connectivity index (χ3v) is 13.9. The zero-order valence-corrected chi connectivity index (χ0v) is 31.9. The molecule has 2 aliphatic rings. The van der Waals surface area contributed by atoms with E-state index in [1.165, 1.54) is 58.5 Å². The van der Waals surface area contributed by atoms with Crippen molar-refractivity contribution < 1.29 is 26.6 Å². The molecule has 0 aliphatic heterocycles. The molecule has 4 aromatic rings. The summed E-state index contributed by atoms with van der Waals surface area (Å²) in [4.78, 5) is 9.96. The quantitative estimate of drug-likeness (QED) is 0.0628. The summed E-state index contributed by atoms with van der Waals surface area (Å²) < 4.78 is 4.26. The fourth-order valence-electron chi connectivity index (χ4n) is 5.97. The molecule has 2 aliphatic carbocycles. The minimum Gasteiger partial charge on any atom is -0.469 e. The number of esters is 1. The average Bonchev–Trinajstić information content (AvgIpc) is 3.84. The van der Waals surface area contributed by atoms with Gasteiger partial charge in [-0.1, -0.05) is 154 Å². The molecular weight excluding hydrogens is 654 g/mol. The molecular formula is C42H56FeO2P2. The fraction of sp³-hybridized carbons (Fsp3) is 0.310. The summed E-state index contributed by atoms with van der Waals surface area (Å²) in [7, 11) is 1.08. The summed E-state index contributed by atoms with van der Waals surface area (Å²) >= 11 is 0. The number of carbonyl (C=O) groups excluding carboxylic acids is 1. The predicted octanol–water partition coefficient (Wildman–Crippen LogP) is 10.4. The van der Waals surface area contributed by atoms with Crippen LogP contribution in [0.4, 0.5) is 0 Å². The summed E-state index contributed by atoms with van der Waals surface area (Å²) in [6.45, 7) is 7.76. The first kappa shape index (κ1) is 44.5. The first-order valence-corrected chi connectivity index (χ1v) is 18.9. The Morgan fingerprint density at radius 3 is 0.979 bits per heavy atom. The van der Waals surface area contributed by atoms with Gasteiger partial charge in [0.1, 0.15) is 0 Å². The number of carbonyl (C=O) groups is 1. The first-order valence-electron chi connectivity index (χ1n) is 16.1. The molecule has 0 aromatic heterocycles. The van der Waals surface area contributed by atoms with Gasteiger partial charge in [-0.3, -0.25) is 4.79 Å². The molecule has 4 aromatic carbocycles. The van der Waals surface area contributed by atoms with Crippen LogP contribution in [-0.2, 0) is 26.6 Å². The van der Waals surface area contributed by atoms with Crippen molar-refractivity contribution in [2.24, 2.45) is 0 Å². The average molecular weight is 711 g/mol. The molecule has 0 N–H and O–H groups in total. The summed E-state index contributed by atoms with van der Waals surface area (Å²) in [6, 6.07) is 44.5. The third kappa shape index (κ3) is 14.6. The van der Waals surface area contributed by atoms with Crippen LogP contribution in [0, 0.1) is 14.9 Å². The number of methoxy groups -OCH3 is 1. The van der Waals surface area contributed by atoms with Gasteiger partial charge in [0, 0.05) is 6.42 Å². The predicted molar refractivity (Wildman–Crippen MR) is 209 cm³/mol. The van der Waals surface area contributed by atoms with Crippen molar-refractivity contribution in [2.45, 2.75) is 76.0 Å². The largest absolute Gasteiger partial charge is 2.00 e. The van der Waals surface area contributed by atoms with Gasteiger partial charge in [0.15, 0.2) is 0 Å². The second-order valence-corrected chi connectivity index (χ2v) is 15.9. The standard InChI is InChI=1S/2C17H19P.C4H8O2.C2H4.2CH3.Fe/c2*1-3-9-15(10-4-1)18(17-13-7-8-14-17)16-11-5-2-6-12-16;1-3-4(5)6-2;1-2;;;/h2*1-6,9-12,17H,7-8,13-14H2;3H2,1-2H3;1-2H2;2*1H3;/q;;;;2*-1;+2. The number of hydrogen-bond acceptors (Lipinski definition) is 2. The summed E-state index contributed by atoms with van der Waals surface area (Å²) in [5, 5.41) is 6.19. The Morgan fingerprint density at radius 1 is 0.574 bits per heavy atom. The molecule has 0 unspecified atom stereocenters. The van der Waals surface area contributed by atoms with E-state index < -0.39 is 0 Å². The molecule has 2 nitrogen and oxygen atoms in total. The Balaban J connectivity index is 0.000000701. The van der Waals surface area contributed by atoms with Gasteiger partial charge in [0.25, 0.3) is 0 Å². The van der Waals surface area contributed by atoms with Crippen LogP contribution in [0.5, 0.6) is 0 Å². The van der Waals surface area contributed by atoms with Gasteiger partial charge in [0.05, 0.1) is 7.11 Å². The smallest absolute Gasteiger partial charge is 0.469 e. The van der Waals surface area contributed by atoms with Gasteiger partial charge >= 0.3 is 23.0 Å². The van der Waals surface area contributed by atoms with Crippen LogP contribution in [0.3, 0.4) is 0 Å². The fourth-order valence-corrected chi connectivity index (χ4v) is 12.0. The van der Waals surface area contributed by atoms with Crippen LogP contribution in [0.15, 0.2) is 134 Å². The Hall–Kier alpha value is -2.53. The number of ether oxygens (including phenoxy) is 1. The topological polar surface area (TPSA) is 26.3 Å². The summed E-state index contributed by atoms with van der Waals surface area (Å²) in [5.74, 6) is -0.157. The Morgan fingerprint density at radius 2 is 0.809 bits per heavy atom. The van der Waals surface area contributed by atoms with E-state index in [0.29, 0.717) is 6.42 Å². The maximum atomic E-state index is 9.96. The molecule has 0 bridgehead atoms. The van der Waals surface area contributed by atoms with E-state index in [2.05, 4.69) is 139 Å². The molecule has 0 radical (unpaired) electrons. The SMILES string of the molecule is C=C.CCC(=O)OC.[CH3-].[CH3-].[Fe+2].c1ccc(P(c2ccccc2)C2CCCC2)cc1.c1ccc(P(c2ccccc2)C2CCCC2)cc1. The first-order chi connectivity index (χ1) is 21.7. The minimum atomic E-state index is -0.157. The molecule has 0 heterocycles. The van der Waals surface area contributed by atoms with Gasteiger partial charge in [-0.2, -0.15) is 0 Å².